The van der Waals surface area contributed by atoms with Crippen LogP contribution in [0.3, 0.4) is 0 Å². The van der Waals surface area contributed by atoms with E-state index in [-0.39, 0.29) is 0 Å². The minimum atomic E-state index is -0.405. The molecule has 0 aliphatic rings. The Morgan fingerprint density at radius 1 is 1.12 bits per heavy atom. The van der Waals surface area contributed by atoms with Crippen LogP contribution < -0.4 is 0 Å². The zero-order valence-electron chi connectivity index (χ0n) is 10.0. The van der Waals surface area contributed by atoms with E-state index in [1.54, 1.807) is 6.20 Å². The molecule has 2 heteroatoms. The second-order valence-electron chi connectivity index (χ2n) is 4.29. The summed E-state index contributed by atoms with van der Waals surface area (Å²) in [5.41, 5.74) is 3.22. The summed E-state index contributed by atoms with van der Waals surface area (Å²) in [6.45, 7) is 2.05. The summed E-state index contributed by atoms with van der Waals surface area (Å²) in [5.74, 6) is 0. The highest BCUT2D eigenvalue weighted by molar-refractivity contribution is 5.23. The van der Waals surface area contributed by atoms with Crippen LogP contribution in [-0.4, -0.2) is 10.1 Å². The van der Waals surface area contributed by atoms with E-state index >= 15 is 0 Å². The summed E-state index contributed by atoms with van der Waals surface area (Å²) >= 11 is 0. The fourth-order valence-electron chi connectivity index (χ4n) is 1.79. The van der Waals surface area contributed by atoms with E-state index in [0.29, 0.717) is 6.42 Å². The van der Waals surface area contributed by atoms with Crippen molar-refractivity contribution in [1.82, 2.24) is 4.98 Å². The maximum absolute atomic E-state index is 10.0. The summed E-state index contributed by atoms with van der Waals surface area (Å²) in [6.07, 6.45) is 2.89. The van der Waals surface area contributed by atoms with Crippen LogP contribution in [0.25, 0.3) is 0 Å². The van der Waals surface area contributed by atoms with Gasteiger partial charge in [-0.2, -0.15) is 0 Å². The molecule has 0 radical (unpaired) electrons. The molecule has 17 heavy (non-hydrogen) atoms. The predicted molar refractivity (Wildman–Crippen MR) is 68.7 cm³/mol. The van der Waals surface area contributed by atoms with Gasteiger partial charge in [-0.3, -0.25) is 4.98 Å². The van der Waals surface area contributed by atoms with Gasteiger partial charge in [0.05, 0.1) is 6.10 Å². The molecule has 2 aromatic rings. The smallest absolute Gasteiger partial charge is 0.0793 e. The minimum absolute atomic E-state index is 0.405. The molecule has 0 saturated heterocycles. The first-order valence-electron chi connectivity index (χ1n) is 5.90. The topological polar surface area (TPSA) is 33.1 Å². The summed E-state index contributed by atoms with van der Waals surface area (Å²) in [6, 6.07) is 13.9. The van der Waals surface area contributed by atoms with Crippen molar-refractivity contribution in [3.63, 3.8) is 0 Å². The molecule has 1 atom stereocenters. The number of hydrogen-bond donors (Lipinski definition) is 1. The number of nitrogens with zero attached hydrogens (tertiary/aromatic N) is 1. The third-order valence-electron chi connectivity index (χ3n) is 2.86. The van der Waals surface area contributed by atoms with E-state index in [0.717, 1.165) is 17.7 Å². The number of aliphatic hydroxyl groups is 1. The standard InChI is InChI=1S/C15H17NO/c1-12-5-7-13(8-6-12)15(17)10-9-14-4-2-3-11-16-14/h2-8,11,15,17H,9-10H2,1H3. The van der Waals surface area contributed by atoms with E-state index in [9.17, 15) is 5.11 Å². The fourth-order valence-corrected chi connectivity index (χ4v) is 1.79. The highest BCUT2D eigenvalue weighted by atomic mass is 16.3. The molecule has 2 nitrogen and oxygen atoms in total. The molecule has 1 aromatic heterocycles. The van der Waals surface area contributed by atoms with Crippen molar-refractivity contribution in [3.05, 3.63) is 65.5 Å². The van der Waals surface area contributed by atoms with Gasteiger partial charge in [0.25, 0.3) is 0 Å². The zero-order chi connectivity index (χ0) is 12.1. The normalized spacial score (nSPS) is 12.4. The van der Waals surface area contributed by atoms with Crippen LogP contribution in [0.2, 0.25) is 0 Å². The molecule has 0 aliphatic heterocycles. The number of aliphatic hydroxyl groups excluding tert-OH is 1. The molecular weight excluding hydrogens is 210 g/mol. The fraction of sp³-hybridized carbons (Fsp3) is 0.267. The Kier molecular flexibility index (Phi) is 3.89. The molecule has 0 aliphatic carbocycles. The molecule has 88 valence electrons. The maximum Gasteiger partial charge on any atom is 0.0793 e. The van der Waals surface area contributed by atoms with Crippen molar-refractivity contribution in [2.45, 2.75) is 25.9 Å². The van der Waals surface area contributed by atoms with Crippen molar-refractivity contribution in [3.8, 4) is 0 Å². The lowest BCUT2D eigenvalue weighted by Crippen LogP contribution is -2.00. The number of benzene rings is 1. The van der Waals surface area contributed by atoms with Gasteiger partial charge in [0.15, 0.2) is 0 Å². The van der Waals surface area contributed by atoms with Gasteiger partial charge in [0.2, 0.25) is 0 Å². The van der Waals surface area contributed by atoms with Gasteiger partial charge in [-0.1, -0.05) is 35.9 Å². The summed E-state index contributed by atoms with van der Waals surface area (Å²) in [4.78, 5) is 4.25. The number of pyridine rings is 1. The lowest BCUT2D eigenvalue weighted by Gasteiger charge is -2.10. The Bertz CT molecular complexity index is 450. The third-order valence-corrected chi connectivity index (χ3v) is 2.86. The molecule has 0 amide bonds. The molecule has 0 saturated carbocycles. The van der Waals surface area contributed by atoms with Crippen molar-refractivity contribution >= 4 is 0 Å². The third kappa shape index (κ3) is 3.40. The van der Waals surface area contributed by atoms with Crippen molar-refractivity contribution in [2.24, 2.45) is 0 Å². The molecule has 0 spiro atoms. The van der Waals surface area contributed by atoms with Crippen LogP contribution in [-0.2, 0) is 6.42 Å². The van der Waals surface area contributed by atoms with Gasteiger partial charge in [-0.25, -0.2) is 0 Å². The van der Waals surface area contributed by atoms with Crippen molar-refractivity contribution in [2.75, 3.05) is 0 Å². The van der Waals surface area contributed by atoms with E-state index in [4.69, 9.17) is 0 Å². The number of rotatable bonds is 4. The van der Waals surface area contributed by atoms with Gasteiger partial charge >= 0.3 is 0 Å². The molecule has 1 aromatic carbocycles. The quantitative estimate of drug-likeness (QED) is 0.870. The summed E-state index contributed by atoms with van der Waals surface area (Å²) in [5, 5.41) is 10.0. The Hall–Kier alpha value is -1.67. The Balaban J connectivity index is 1.93. The van der Waals surface area contributed by atoms with Crippen LogP contribution in [0, 0.1) is 6.92 Å². The van der Waals surface area contributed by atoms with E-state index in [2.05, 4.69) is 4.98 Å². The van der Waals surface area contributed by atoms with Gasteiger partial charge in [0, 0.05) is 11.9 Å². The highest BCUT2D eigenvalue weighted by Gasteiger charge is 2.07. The Morgan fingerprint density at radius 2 is 1.88 bits per heavy atom. The van der Waals surface area contributed by atoms with Crippen LogP contribution in [0.15, 0.2) is 48.7 Å². The molecule has 1 heterocycles. The molecule has 1 N–H and O–H groups in total. The highest BCUT2D eigenvalue weighted by Crippen LogP contribution is 2.18. The van der Waals surface area contributed by atoms with Gasteiger partial charge in [-0.05, 0) is 37.5 Å². The second kappa shape index (κ2) is 5.60. The van der Waals surface area contributed by atoms with Crippen LogP contribution in [0.5, 0.6) is 0 Å². The number of hydrogen-bond acceptors (Lipinski definition) is 2. The molecular formula is C15H17NO. The lowest BCUT2D eigenvalue weighted by molar-refractivity contribution is 0.167. The average Bonchev–Trinajstić information content (AvgIpc) is 2.38. The van der Waals surface area contributed by atoms with E-state index in [1.807, 2.05) is 49.4 Å². The largest absolute Gasteiger partial charge is 0.388 e. The first-order chi connectivity index (χ1) is 8.25. The first-order valence-corrected chi connectivity index (χ1v) is 5.90. The van der Waals surface area contributed by atoms with Crippen molar-refractivity contribution in [1.29, 1.82) is 0 Å². The lowest BCUT2D eigenvalue weighted by atomic mass is 10.0. The minimum Gasteiger partial charge on any atom is -0.388 e. The van der Waals surface area contributed by atoms with Crippen molar-refractivity contribution < 1.29 is 5.11 Å². The van der Waals surface area contributed by atoms with Crippen LogP contribution in [0.4, 0.5) is 0 Å². The SMILES string of the molecule is Cc1ccc(C(O)CCc2ccccn2)cc1. The molecule has 0 bridgehead atoms. The van der Waals surface area contributed by atoms with Gasteiger partial charge < -0.3 is 5.11 Å². The Morgan fingerprint density at radius 3 is 2.53 bits per heavy atom. The first kappa shape index (κ1) is 11.8. The average molecular weight is 227 g/mol. The van der Waals surface area contributed by atoms with Gasteiger partial charge in [-0.15, -0.1) is 0 Å². The van der Waals surface area contributed by atoms with Crippen LogP contribution in [0.1, 0.15) is 29.3 Å². The molecule has 1 unspecified atom stereocenters. The zero-order valence-corrected chi connectivity index (χ0v) is 10.0. The summed E-state index contributed by atoms with van der Waals surface area (Å²) < 4.78 is 0. The molecule has 2 rings (SSSR count). The van der Waals surface area contributed by atoms with E-state index in [1.165, 1.54) is 5.56 Å². The monoisotopic (exact) mass is 227 g/mol. The summed E-state index contributed by atoms with van der Waals surface area (Å²) in [7, 11) is 0. The Labute approximate surface area is 102 Å². The molecule has 0 fully saturated rings. The second-order valence-corrected chi connectivity index (χ2v) is 4.29. The maximum atomic E-state index is 10.0. The predicted octanol–water partition coefficient (Wildman–Crippen LogP) is 3.06. The van der Waals surface area contributed by atoms with E-state index < -0.39 is 6.10 Å². The van der Waals surface area contributed by atoms with Gasteiger partial charge in [0.1, 0.15) is 0 Å². The number of aryl methyl sites for hydroxylation is 2. The van der Waals surface area contributed by atoms with Crippen LogP contribution >= 0.6 is 0 Å². The number of aromatic nitrogens is 1.